The lowest BCUT2D eigenvalue weighted by Crippen LogP contribution is -2.38. The molecule has 2 heterocycles. The lowest BCUT2D eigenvalue weighted by Gasteiger charge is -2.23. The predicted molar refractivity (Wildman–Crippen MR) is 107 cm³/mol. The Bertz CT molecular complexity index is 764. The molecule has 0 bridgehead atoms. The minimum Gasteiger partial charge on any atom is -0.377 e. The molecule has 0 aliphatic carbocycles. The number of carbonyl (C=O) groups is 1. The summed E-state index contributed by atoms with van der Waals surface area (Å²) >= 11 is 0. The first-order valence-corrected chi connectivity index (χ1v) is 9.46. The van der Waals surface area contributed by atoms with Crippen LogP contribution in [0.15, 0.2) is 42.6 Å². The van der Waals surface area contributed by atoms with Gasteiger partial charge >= 0.3 is 0 Å². The highest BCUT2D eigenvalue weighted by Gasteiger charge is 2.20. The molecule has 0 unspecified atom stereocenters. The van der Waals surface area contributed by atoms with Crippen molar-refractivity contribution in [2.24, 2.45) is 7.05 Å². The van der Waals surface area contributed by atoms with Gasteiger partial charge in [0.05, 0.1) is 30.2 Å². The molecule has 1 atom stereocenters. The van der Waals surface area contributed by atoms with E-state index in [1.807, 2.05) is 32.2 Å². The van der Waals surface area contributed by atoms with Gasteiger partial charge in [-0.1, -0.05) is 42.5 Å². The van der Waals surface area contributed by atoms with Crippen molar-refractivity contribution in [3.05, 3.63) is 53.9 Å². The second-order valence-electron chi connectivity index (χ2n) is 6.96. The minimum absolute atomic E-state index is 0.0304. The molecule has 1 aliphatic rings. The SMILES string of the molecule is Cc1c(NC(=O)CN(C/C=C/c2ccccc2)C[C@H]2CCCO2)cnn1C. The van der Waals surface area contributed by atoms with Gasteiger partial charge in [0.15, 0.2) is 0 Å². The molecule has 0 spiro atoms. The van der Waals surface area contributed by atoms with Crippen LogP contribution in [0, 0.1) is 6.92 Å². The van der Waals surface area contributed by atoms with Gasteiger partial charge in [-0.2, -0.15) is 5.10 Å². The van der Waals surface area contributed by atoms with E-state index < -0.39 is 0 Å². The molecule has 0 radical (unpaired) electrons. The standard InChI is InChI=1S/C21H28N4O2/c1-17-20(14-22-24(17)2)23-21(26)16-25(15-19-11-7-13-27-19)12-6-10-18-8-4-3-5-9-18/h3-6,8-10,14,19H,7,11-13,15-16H2,1-2H3,(H,23,26)/b10-6+/t19-/m1/s1. The largest absolute Gasteiger partial charge is 0.377 e. The maximum atomic E-state index is 12.5. The zero-order valence-electron chi connectivity index (χ0n) is 16.1. The number of aromatic nitrogens is 2. The fourth-order valence-corrected chi connectivity index (χ4v) is 3.20. The molecular weight excluding hydrogens is 340 g/mol. The predicted octanol–water partition coefficient (Wildman–Crippen LogP) is 2.86. The van der Waals surface area contributed by atoms with Crippen molar-refractivity contribution in [1.82, 2.24) is 14.7 Å². The van der Waals surface area contributed by atoms with E-state index in [0.29, 0.717) is 13.1 Å². The molecular formula is C21H28N4O2. The molecule has 1 aromatic carbocycles. The number of amides is 1. The molecule has 1 amide bonds. The molecule has 3 rings (SSSR count). The number of nitrogens with zero attached hydrogens (tertiary/aromatic N) is 3. The van der Waals surface area contributed by atoms with Gasteiger partial charge in [0, 0.05) is 26.7 Å². The summed E-state index contributed by atoms with van der Waals surface area (Å²) in [6, 6.07) is 10.2. The van der Waals surface area contributed by atoms with Crippen LogP contribution in [-0.4, -0.2) is 52.9 Å². The number of hydrogen-bond acceptors (Lipinski definition) is 4. The molecule has 1 aliphatic heterocycles. The summed E-state index contributed by atoms with van der Waals surface area (Å²) in [5.41, 5.74) is 2.86. The number of anilines is 1. The maximum Gasteiger partial charge on any atom is 0.238 e. The van der Waals surface area contributed by atoms with Gasteiger partial charge in [-0.15, -0.1) is 0 Å². The van der Waals surface area contributed by atoms with Crippen molar-refractivity contribution in [3.63, 3.8) is 0 Å². The van der Waals surface area contributed by atoms with E-state index in [9.17, 15) is 4.79 Å². The van der Waals surface area contributed by atoms with Gasteiger partial charge in [-0.25, -0.2) is 0 Å². The molecule has 1 N–H and O–H groups in total. The van der Waals surface area contributed by atoms with E-state index >= 15 is 0 Å². The van der Waals surface area contributed by atoms with E-state index in [4.69, 9.17) is 4.74 Å². The average molecular weight is 368 g/mol. The molecule has 1 saturated heterocycles. The molecule has 27 heavy (non-hydrogen) atoms. The highest BCUT2D eigenvalue weighted by atomic mass is 16.5. The summed E-state index contributed by atoms with van der Waals surface area (Å²) in [7, 11) is 1.86. The third-order valence-corrected chi connectivity index (χ3v) is 4.84. The monoisotopic (exact) mass is 368 g/mol. The van der Waals surface area contributed by atoms with E-state index in [-0.39, 0.29) is 12.0 Å². The van der Waals surface area contributed by atoms with Crippen LogP contribution in [0.4, 0.5) is 5.69 Å². The smallest absolute Gasteiger partial charge is 0.238 e. The highest BCUT2D eigenvalue weighted by Crippen LogP contribution is 2.15. The number of carbonyl (C=O) groups excluding carboxylic acids is 1. The Labute approximate surface area is 160 Å². The normalized spacial score (nSPS) is 17.1. The van der Waals surface area contributed by atoms with Gasteiger partial charge in [-0.3, -0.25) is 14.4 Å². The van der Waals surface area contributed by atoms with Crippen LogP contribution in [0.3, 0.4) is 0 Å². The van der Waals surface area contributed by atoms with Crippen LogP contribution in [0.5, 0.6) is 0 Å². The van der Waals surface area contributed by atoms with Crippen LogP contribution >= 0.6 is 0 Å². The van der Waals surface area contributed by atoms with Gasteiger partial charge in [-0.05, 0) is 25.3 Å². The second-order valence-corrected chi connectivity index (χ2v) is 6.96. The Hall–Kier alpha value is -2.44. The quantitative estimate of drug-likeness (QED) is 0.778. The molecule has 2 aromatic rings. The summed E-state index contributed by atoms with van der Waals surface area (Å²) in [6.45, 7) is 4.55. The molecule has 0 saturated carbocycles. The fourth-order valence-electron chi connectivity index (χ4n) is 3.20. The van der Waals surface area contributed by atoms with Crippen LogP contribution < -0.4 is 5.32 Å². The number of rotatable bonds is 8. The first kappa shape index (κ1) is 19.3. The van der Waals surface area contributed by atoms with E-state index in [0.717, 1.165) is 42.9 Å². The van der Waals surface area contributed by atoms with Crippen LogP contribution in [-0.2, 0) is 16.6 Å². The van der Waals surface area contributed by atoms with Crippen LogP contribution in [0.25, 0.3) is 6.08 Å². The number of hydrogen-bond donors (Lipinski definition) is 1. The maximum absolute atomic E-state index is 12.5. The number of aryl methyl sites for hydroxylation is 1. The first-order valence-electron chi connectivity index (χ1n) is 9.46. The summed E-state index contributed by atoms with van der Waals surface area (Å²) in [5, 5.41) is 7.14. The molecule has 144 valence electrons. The molecule has 1 fully saturated rings. The Morgan fingerprint density at radius 1 is 1.41 bits per heavy atom. The van der Waals surface area contributed by atoms with Gasteiger partial charge in [0.25, 0.3) is 0 Å². The van der Waals surface area contributed by atoms with Crippen molar-refractivity contribution >= 4 is 17.7 Å². The van der Waals surface area contributed by atoms with Gasteiger partial charge < -0.3 is 10.1 Å². The van der Waals surface area contributed by atoms with Crippen molar-refractivity contribution in [1.29, 1.82) is 0 Å². The molecule has 1 aromatic heterocycles. The molecule has 6 nitrogen and oxygen atoms in total. The van der Waals surface area contributed by atoms with E-state index in [1.54, 1.807) is 10.9 Å². The van der Waals surface area contributed by atoms with Gasteiger partial charge in [0.1, 0.15) is 0 Å². The Morgan fingerprint density at radius 3 is 2.89 bits per heavy atom. The third kappa shape index (κ3) is 5.77. The highest BCUT2D eigenvalue weighted by molar-refractivity contribution is 5.92. The average Bonchev–Trinajstić information content (AvgIpc) is 3.28. The zero-order valence-corrected chi connectivity index (χ0v) is 16.1. The first-order chi connectivity index (χ1) is 13.1. The third-order valence-electron chi connectivity index (χ3n) is 4.84. The summed E-state index contributed by atoms with van der Waals surface area (Å²) in [5.74, 6) is -0.0304. The van der Waals surface area contributed by atoms with Crippen LogP contribution in [0.1, 0.15) is 24.1 Å². The minimum atomic E-state index is -0.0304. The Kier molecular flexibility index (Phi) is 6.79. The Balaban J connectivity index is 1.59. The zero-order chi connectivity index (χ0) is 19.1. The topological polar surface area (TPSA) is 59.4 Å². The summed E-state index contributed by atoms with van der Waals surface area (Å²) in [6.07, 6.45) is 8.25. The van der Waals surface area contributed by atoms with E-state index in [1.165, 1.54) is 0 Å². The summed E-state index contributed by atoms with van der Waals surface area (Å²) < 4.78 is 7.51. The lowest BCUT2D eigenvalue weighted by atomic mass is 10.2. The van der Waals surface area contributed by atoms with Gasteiger partial charge in [0.2, 0.25) is 5.91 Å². The second kappa shape index (κ2) is 9.48. The Morgan fingerprint density at radius 2 is 2.22 bits per heavy atom. The number of ether oxygens (including phenoxy) is 1. The fraction of sp³-hybridized carbons (Fsp3) is 0.429. The number of benzene rings is 1. The van der Waals surface area contributed by atoms with Crippen molar-refractivity contribution in [2.75, 3.05) is 31.6 Å². The van der Waals surface area contributed by atoms with Crippen molar-refractivity contribution in [3.8, 4) is 0 Å². The molecule has 6 heteroatoms. The summed E-state index contributed by atoms with van der Waals surface area (Å²) in [4.78, 5) is 14.7. The van der Waals surface area contributed by atoms with Crippen LogP contribution in [0.2, 0.25) is 0 Å². The number of nitrogens with one attached hydrogen (secondary N) is 1. The van der Waals surface area contributed by atoms with Crippen molar-refractivity contribution in [2.45, 2.75) is 25.9 Å². The van der Waals surface area contributed by atoms with E-state index in [2.05, 4.69) is 39.6 Å². The lowest BCUT2D eigenvalue weighted by molar-refractivity contribution is -0.117. The van der Waals surface area contributed by atoms with Crippen molar-refractivity contribution < 1.29 is 9.53 Å².